The topological polar surface area (TPSA) is 90.2 Å². The monoisotopic (exact) mass is 380 g/mol. The van der Waals surface area contributed by atoms with Gasteiger partial charge in [-0.15, -0.1) is 0 Å². The first kappa shape index (κ1) is 17.2. The van der Waals surface area contributed by atoms with Gasteiger partial charge in [0.1, 0.15) is 5.71 Å². The molecular weight excluding hydrogens is 364 g/mol. The van der Waals surface area contributed by atoms with Crippen molar-refractivity contribution < 1.29 is 19.8 Å². The molecule has 122 valence electrons. The largest absolute Gasteiger partial charge is 0.480 e. The lowest BCUT2D eigenvalue weighted by molar-refractivity contribution is -0.156. The Morgan fingerprint density at radius 1 is 1.17 bits per heavy atom. The zero-order chi connectivity index (χ0) is 17.2. The van der Waals surface area contributed by atoms with Crippen molar-refractivity contribution in [2.24, 2.45) is 10.5 Å². The van der Waals surface area contributed by atoms with Crippen molar-refractivity contribution in [2.45, 2.75) is 20.3 Å². The molecule has 1 aromatic rings. The Hall–Kier alpha value is -2.15. The number of aliphatic carboxylic acids is 2. The molecule has 0 aromatic heterocycles. The van der Waals surface area contributed by atoms with Gasteiger partial charge >= 0.3 is 11.9 Å². The van der Waals surface area contributed by atoms with Gasteiger partial charge in [0.2, 0.25) is 5.41 Å². The van der Waals surface area contributed by atoms with Crippen molar-refractivity contribution in [2.75, 3.05) is 6.54 Å². The van der Waals surface area contributed by atoms with Crippen LogP contribution in [-0.2, 0) is 9.59 Å². The third-order valence-corrected chi connectivity index (χ3v) is 4.85. The number of rotatable bonds is 5. The minimum Gasteiger partial charge on any atom is -0.480 e. The van der Waals surface area contributed by atoms with Crippen LogP contribution in [0.25, 0.3) is 0 Å². The zero-order valence-corrected chi connectivity index (χ0v) is 14.4. The fourth-order valence-electron chi connectivity index (χ4n) is 2.64. The van der Waals surface area contributed by atoms with Gasteiger partial charge in [0.05, 0.1) is 4.48 Å². The van der Waals surface area contributed by atoms with Crippen LogP contribution in [0.2, 0.25) is 0 Å². The normalized spacial score (nSPS) is 17.0. The average molecular weight is 381 g/mol. The average Bonchev–Trinajstić information content (AvgIpc) is 2.53. The molecule has 0 fully saturated rings. The lowest BCUT2D eigenvalue weighted by atomic mass is 9.77. The van der Waals surface area contributed by atoms with Crippen LogP contribution in [0.1, 0.15) is 25.8 Å². The molecule has 1 heterocycles. The van der Waals surface area contributed by atoms with Gasteiger partial charge in [0.15, 0.2) is 0 Å². The number of carboxylic acids is 2. The second kappa shape index (κ2) is 6.54. The summed E-state index contributed by atoms with van der Waals surface area (Å²) in [4.78, 5) is 24.0. The van der Waals surface area contributed by atoms with E-state index in [4.69, 9.17) is 0 Å². The second-order valence-corrected chi connectivity index (χ2v) is 5.80. The summed E-state index contributed by atoms with van der Waals surface area (Å²) in [5.74, 6) is -2.94. The Morgan fingerprint density at radius 3 is 2.17 bits per heavy atom. The summed E-state index contributed by atoms with van der Waals surface area (Å²) in [6.07, 6.45) is 0.461. The van der Waals surface area contributed by atoms with Gasteiger partial charge in [-0.25, -0.2) is 0 Å². The molecule has 2 N–H and O–H groups in total. The van der Waals surface area contributed by atoms with E-state index in [1.54, 1.807) is 35.3 Å². The van der Waals surface area contributed by atoms with Crippen LogP contribution in [0.5, 0.6) is 0 Å². The smallest absolute Gasteiger partial charge is 0.332 e. The van der Waals surface area contributed by atoms with Crippen molar-refractivity contribution in [3.8, 4) is 0 Å². The van der Waals surface area contributed by atoms with Gasteiger partial charge in [-0.05, 0) is 18.9 Å². The molecule has 0 amide bonds. The number of hydrogen-bond donors (Lipinski definition) is 2. The van der Waals surface area contributed by atoms with E-state index in [1.807, 2.05) is 13.8 Å². The van der Waals surface area contributed by atoms with Crippen molar-refractivity contribution in [1.82, 2.24) is 5.01 Å². The molecule has 6 nitrogen and oxygen atoms in total. The van der Waals surface area contributed by atoms with Gasteiger partial charge in [0, 0.05) is 12.2 Å². The van der Waals surface area contributed by atoms with E-state index in [0.29, 0.717) is 24.2 Å². The number of nitrogens with zero attached hydrogens (tertiary/aromatic N) is 2. The van der Waals surface area contributed by atoms with Gasteiger partial charge in [-0.1, -0.05) is 53.2 Å². The lowest BCUT2D eigenvalue weighted by Crippen LogP contribution is -2.51. The summed E-state index contributed by atoms with van der Waals surface area (Å²) >= 11 is 3.25. The first-order valence-corrected chi connectivity index (χ1v) is 7.98. The molecule has 0 aliphatic carbocycles. The molecule has 0 spiro atoms. The molecule has 0 saturated heterocycles. The van der Waals surface area contributed by atoms with Crippen LogP contribution in [0.4, 0.5) is 0 Å². The maximum Gasteiger partial charge on any atom is 0.332 e. The first-order chi connectivity index (χ1) is 10.9. The summed E-state index contributed by atoms with van der Waals surface area (Å²) < 4.78 is 0.114. The molecule has 0 atom stereocenters. The van der Waals surface area contributed by atoms with Crippen molar-refractivity contribution in [3.05, 3.63) is 46.1 Å². The lowest BCUT2D eigenvalue weighted by Gasteiger charge is -2.36. The van der Waals surface area contributed by atoms with Crippen LogP contribution in [0.3, 0.4) is 0 Å². The maximum absolute atomic E-state index is 12.0. The molecule has 0 radical (unpaired) electrons. The van der Waals surface area contributed by atoms with E-state index < -0.39 is 17.4 Å². The molecular formula is C16H17BrN2O4. The van der Waals surface area contributed by atoms with Crippen LogP contribution in [0.15, 0.2) is 45.6 Å². The Labute approximate surface area is 142 Å². The third-order valence-electron chi connectivity index (χ3n) is 3.79. The highest BCUT2D eigenvalue weighted by molar-refractivity contribution is 9.11. The van der Waals surface area contributed by atoms with E-state index in [2.05, 4.69) is 21.0 Å². The zero-order valence-electron chi connectivity index (χ0n) is 12.8. The predicted molar refractivity (Wildman–Crippen MR) is 89.3 cm³/mol. The molecule has 0 bridgehead atoms. The summed E-state index contributed by atoms with van der Waals surface area (Å²) in [7, 11) is 0. The molecule has 0 unspecified atom stereocenters. The van der Waals surface area contributed by atoms with E-state index in [1.165, 1.54) is 0 Å². The van der Waals surface area contributed by atoms with Crippen LogP contribution < -0.4 is 0 Å². The first-order valence-electron chi connectivity index (χ1n) is 7.19. The van der Waals surface area contributed by atoms with E-state index in [9.17, 15) is 19.8 Å². The van der Waals surface area contributed by atoms with Crippen molar-refractivity contribution in [1.29, 1.82) is 0 Å². The van der Waals surface area contributed by atoms with Gasteiger partial charge in [-0.3, -0.25) is 14.6 Å². The standard InChI is InChI=1S/C16H17BrN2O4/c1-3-11-12(17)16(14(20)21,15(22)23)13(18-19(11)4-2)10-8-6-5-7-9-10/h5-9H,3-4H2,1-2H3,(H,20,21)(H,22,23). The highest BCUT2D eigenvalue weighted by Gasteiger charge is 2.57. The van der Waals surface area contributed by atoms with E-state index in [0.717, 1.165) is 0 Å². The summed E-state index contributed by atoms with van der Waals surface area (Å²) in [5.41, 5.74) is -1.25. The molecule has 0 saturated carbocycles. The second-order valence-electron chi connectivity index (χ2n) is 5.00. The quantitative estimate of drug-likeness (QED) is 0.766. The van der Waals surface area contributed by atoms with Crippen molar-refractivity contribution in [3.63, 3.8) is 0 Å². The Balaban J connectivity index is 2.83. The van der Waals surface area contributed by atoms with E-state index in [-0.39, 0.29) is 10.2 Å². The van der Waals surface area contributed by atoms with Gasteiger partial charge in [-0.2, -0.15) is 5.10 Å². The third kappa shape index (κ3) is 2.55. The fourth-order valence-corrected chi connectivity index (χ4v) is 3.65. The van der Waals surface area contributed by atoms with Gasteiger partial charge < -0.3 is 10.2 Å². The van der Waals surface area contributed by atoms with Gasteiger partial charge in [0.25, 0.3) is 0 Å². The number of hydrazone groups is 1. The molecule has 23 heavy (non-hydrogen) atoms. The van der Waals surface area contributed by atoms with Crippen LogP contribution in [-0.4, -0.2) is 39.4 Å². The molecule has 1 aliphatic rings. The fraction of sp³-hybridized carbons (Fsp3) is 0.312. The maximum atomic E-state index is 12.0. The number of carbonyl (C=O) groups is 2. The number of carboxylic acid groups (broad SMARTS) is 2. The van der Waals surface area contributed by atoms with Crippen LogP contribution in [0, 0.1) is 5.41 Å². The minimum atomic E-state index is -2.25. The molecule has 1 aromatic carbocycles. The highest BCUT2D eigenvalue weighted by Crippen LogP contribution is 2.44. The summed E-state index contributed by atoms with van der Waals surface area (Å²) in [6.45, 7) is 4.21. The Kier molecular flexibility index (Phi) is 4.89. The molecule has 7 heteroatoms. The number of halogens is 1. The van der Waals surface area contributed by atoms with Crippen molar-refractivity contribution >= 4 is 33.6 Å². The van der Waals surface area contributed by atoms with E-state index >= 15 is 0 Å². The summed E-state index contributed by atoms with van der Waals surface area (Å²) in [6, 6.07) is 8.52. The number of benzene rings is 1. The molecule has 1 aliphatic heterocycles. The SMILES string of the molecule is CCC1=C(Br)C(C(=O)O)(C(=O)O)C(c2ccccc2)=NN1CC. The highest BCUT2D eigenvalue weighted by atomic mass is 79.9. The molecule has 2 rings (SSSR count). The Morgan fingerprint density at radius 2 is 1.74 bits per heavy atom. The van der Waals surface area contributed by atoms with Crippen LogP contribution >= 0.6 is 15.9 Å². The number of allylic oxidation sites excluding steroid dienone is 1. The number of hydrogen-bond acceptors (Lipinski definition) is 4. The minimum absolute atomic E-state index is 0.0102. The predicted octanol–water partition coefficient (Wildman–Crippen LogP) is 2.90. The summed E-state index contributed by atoms with van der Waals surface area (Å²) in [5, 5.41) is 25.6. The Bertz CT molecular complexity index is 683.